The number of sulfone groups is 1. The second kappa shape index (κ2) is 6.58. The minimum Gasteiger partial charge on any atom is -0.455 e. The van der Waals surface area contributed by atoms with Crippen LogP contribution in [0.3, 0.4) is 0 Å². The van der Waals surface area contributed by atoms with Gasteiger partial charge in [-0.15, -0.1) is 0 Å². The average Bonchev–Trinajstić information content (AvgIpc) is 2.94. The van der Waals surface area contributed by atoms with Crippen molar-refractivity contribution in [2.75, 3.05) is 6.26 Å². The molecule has 0 fully saturated rings. The molecule has 0 spiro atoms. The zero-order chi connectivity index (χ0) is 17.1. The van der Waals surface area contributed by atoms with Crippen molar-refractivity contribution in [3.8, 4) is 0 Å². The van der Waals surface area contributed by atoms with Gasteiger partial charge in [0.25, 0.3) is 5.91 Å². The molecular weight excluding hydrogens is 314 g/mol. The zero-order valence-corrected chi connectivity index (χ0v) is 14.3. The molecule has 0 saturated carbocycles. The van der Waals surface area contributed by atoms with Crippen LogP contribution in [0.1, 0.15) is 42.1 Å². The quantitative estimate of drug-likeness (QED) is 0.880. The molecule has 1 aromatic heterocycles. The molecule has 0 aliphatic rings. The first-order chi connectivity index (χ1) is 10.7. The Morgan fingerprint density at radius 2 is 1.83 bits per heavy atom. The number of nitrogens with one attached hydrogen (secondary N) is 1. The van der Waals surface area contributed by atoms with Crippen molar-refractivity contribution in [1.82, 2.24) is 5.32 Å². The molecule has 1 N–H and O–H groups in total. The summed E-state index contributed by atoms with van der Waals surface area (Å²) in [5.41, 5.74) is 0.473. The first kappa shape index (κ1) is 17.3. The summed E-state index contributed by atoms with van der Waals surface area (Å²) in [6.45, 7) is 3.94. The molecule has 1 amide bonds. The zero-order valence-electron chi connectivity index (χ0n) is 13.5. The highest BCUT2D eigenvalue weighted by Crippen LogP contribution is 2.25. The molecule has 1 aromatic carbocycles. The number of hydrogen-bond acceptors (Lipinski definition) is 4. The van der Waals surface area contributed by atoms with E-state index in [1.165, 1.54) is 12.1 Å². The van der Waals surface area contributed by atoms with Gasteiger partial charge in [0.1, 0.15) is 11.5 Å². The summed E-state index contributed by atoms with van der Waals surface area (Å²) in [4.78, 5) is 12.4. The molecule has 0 aliphatic heterocycles. The van der Waals surface area contributed by atoms with Crippen LogP contribution in [0.15, 0.2) is 46.9 Å². The Bertz CT molecular complexity index is 780. The fraction of sp³-hybridized carbons (Fsp3) is 0.353. The largest absolute Gasteiger partial charge is 0.455 e. The summed E-state index contributed by atoms with van der Waals surface area (Å²) in [6.07, 6.45) is 1.83. The average molecular weight is 335 g/mol. The fourth-order valence-corrected chi connectivity index (χ4v) is 2.99. The molecule has 0 radical (unpaired) electrons. The lowest BCUT2D eigenvalue weighted by Crippen LogP contribution is -2.42. The highest BCUT2D eigenvalue weighted by Gasteiger charge is 2.28. The van der Waals surface area contributed by atoms with Gasteiger partial charge >= 0.3 is 0 Å². The van der Waals surface area contributed by atoms with Gasteiger partial charge in [-0.25, -0.2) is 8.42 Å². The Balaban J connectivity index is 2.17. The minimum absolute atomic E-state index is 0.110. The number of furan rings is 1. The van der Waals surface area contributed by atoms with Gasteiger partial charge in [0.2, 0.25) is 0 Å². The first-order valence-electron chi connectivity index (χ1n) is 7.38. The normalized spacial score (nSPS) is 14.2. The molecule has 5 nitrogen and oxygen atoms in total. The number of hydrogen-bond donors (Lipinski definition) is 1. The number of carbonyl (C=O) groups is 1. The molecule has 2 rings (SSSR count). The summed E-state index contributed by atoms with van der Waals surface area (Å²) in [5.74, 6) is -0.211. The number of rotatable bonds is 6. The van der Waals surface area contributed by atoms with E-state index in [1.54, 1.807) is 0 Å². The molecule has 23 heavy (non-hydrogen) atoms. The Morgan fingerprint density at radius 3 is 2.39 bits per heavy atom. The third kappa shape index (κ3) is 4.45. The first-order valence-corrected chi connectivity index (χ1v) is 9.44. The van der Waals surface area contributed by atoms with Crippen molar-refractivity contribution >= 4 is 15.7 Å². The topological polar surface area (TPSA) is 76.4 Å². The Labute approximate surface area is 136 Å². The van der Waals surface area contributed by atoms with Crippen LogP contribution in [0.2, 0.25) is 0 Å². The summed E-state index contributed by atoms with van der Waals surface area (Å²) in [6, 6.07) is 12.7. The highest BCUT2D eigenvalue weighted by atomic mass is 32.2. The van der Waals surface area contributed by atoms with Crippen LogP contribution in [-0.2, 0) is 21.1 Å². The molecule has 0 saturated heterocycles. The number of amides is 1. The van der Waals surface area contributed by atoms with Gasteiger partial charge < -0.3 is 9.73 Å². The number of carbonyl (C=O) groups excluding carboxylic acids is 1. The van der Waals surface area contributed by atoms with E-state index in [1.807, 2.05) is 44.2 Å². The third-order valence-corrected chi connectivity index (χ3v) is 4.61. The van der Waals surface area contributed by atoms with Crippen LogP contribution in [0.4, 0.5) is 0 Å². The van der Waals surface area contributed by atoms with Crippen LogP contribution in [0.25, 0.3) is 0 Å². The molecule has 1 unspecified atom stereocenters. The third-order valence-electron chi connectivity index (χ3n) is 3.80. The monoisotopic (exact) mass is 335 g/mol. The summed E-state index contributed by atoms with van der Waals surface area (Å²) in [5, 5.41) is 2.97. The van der Waals surface area contributed by atoms with Crippen molar-refractivity contribution in [3.63, 3.8) is 0 Å². The maximum atomic E-state index is 12.4. The maximum absolute atomic E-state index is 12.4. The molecule has 1 atom stereocenters. The van der Waals surface area contributed by atoms with Crippen molar-refractivity contribution in [1.29, 1.82) is 0 Å². The van der Waals surface area contributed by atoms with Gasteiger partial charge in [-0.1, -0.05) is 37.3 Å². The van der Waals surface area contributed by atoms with Crippen molar-refractivity contribution in [2.24, 2.45) is 0 Å². The molecule has 124 valence electrons. The maximum Gasteiger partial charge on any atom is 0.287 e. The fourth-order valence-electron chi connectivity index (χ4n) is 2.32. The SMILES string of the molecule is CCC(C)(NC(=O)c1ccc(CS(C)(=O)=O)o1)c1ccccc1. The second-order valence-electron chi connectivity index (χ2n) is 5.84. The molecule has 2 aromatic rings. The smallest absolute Gasteiger partial charge is 0.287 e. The van der Waals surface area contributed by atoms with E-state index >= 15 is 0 Å². The van der Waals surface area contributed by atoms with Crippen molar-refractivity contribution in [3.05, 3.63) is 59.5 Å². The van der Waals surface area contributed by atoms with Gasteiger partial charge in [0.15, 0.2) is 15.6 Å². The van der Waals surface area contributed by atoms with Gasteiger partial charge in [-0.3, -0.25) is 4.79 Å². The molecule has 0 bridgehead atoms. The van der Waals surface area contributed by atoms with Gasteiger partial charge in [-0.2, -0.15) is 0 Å². The molecular formula is C17H21NO4S. The van der Waals surface area contributed by atoms with Crippen molar-refractivity contribution < 1.29 is 17.6 Å². The van der Waals surface area contributed by atoms with Gasteiger partial charge in [-0.05, 0) is 31.0 Å². The van der Waals surface area contributed by atoms with Crippen LogP contribution in [0, 0.1) is 0 Å². The lowest BCUT2D eigenvalue weighted by Gasteiger charge is -2.29. The van der Waals surface area contributed by atoms with Crippen molar-refractivity contribution in [2.45, 2.75) is 31.6 Å². The predicted octanol–water partition coefficient (Wildman–Crippen LogP) is 2.88. The van der Waals surface area contributed by atoms with Crippen LogP contribution in [-0.4, -0.2) is 20.6 Å². The lowest BCUT2D eigenvalue weighted by molar-refractivity contribution is 0.0872. The van der Waals surface area contributed by atoms with Gasteiger partial charge in [0.05, 0.1) is 5.54 Å². The molecule has 0 aliphatic carbocycles. The van der Waals surface area contributed by atoms with E-state index < -0.39 is 15.4 Å². The summed E-state index contributed by atoms with van der Waals surface area (Å²) < 4.78 is 27.9. The molecule has 1 heterocycles. The van der Waals surface area contributed by atoms with Crippen LogP contribution < -0.4 is 5.32 Å². The summed E-state index contributed by atoms with van der Waals surface area (Å²) >= 11 is 0. The van der Waals surface area contributed by atoms with E-state index in [2.05, 4.69) is 5.32 Å². The standard InChI is InChI=1S/C17H21NO4S/c1-4-17(2,13-8-6-5-7-9-13)18-16(19)15-11-10-14(22-15)12-23(3,20)21/h5-11H,4,12H2,1-3H3,(H,18,19). The lowest BCUT2D eigenvalue weighted by atomic mass is 9.89. The van der Waals surface area contributed by atoms with E-state index in [0.29, 0.717) is 6.42 Å². The highest BCUT2D eigenvalue weighted by molar-refractivity contribution is 7.89. The van der Waals surface area contributed by atoms with Gasteiger partial charge in [0, 0.05) is 6.26 Å². The van der Waals surface area contributed by atoms with E-state index in [4.69, 9.17) is 4.42 Å². The second-order valence-corrected chi connectivity index (χ2v) is 7.98. The molecule has 6 heteroatoms. The van der Waals surface area contributed by atoms with Crippen LogP contribution >= 0.6 is 0 Å². The van der Waals surface area contributed by atoms with Crippen LogP contribution in [0.5, 0.6) is 0 Å². The van der Waals surface area contributed by atoms with E-state index in [-0.39, 0.29) is 23.2 Å². The number of benzene rings is 1. The Hall–Kier alpha value is -2.08. The predicted molar refractivity (Wildman–Crippen MR) is 88.8 cm³/mol. The summed E-state index contributed by atoms with van der Waals surface area (Å²) in [7, 11) is -3.20. The minimum atomic E-state index is -3.20. The Kier molecular flexibility index (Phi) is 4.94. The Morgan fingerprint density at radius 1 is 1.17 bits per heavy atom. The van der Waals surface area contributed by atoms with E-state index in [0.717, 1.165) is 11.8 Å². The van der Waals surface area contributed by atoms with E-state index in [9.17, 15) is 13.2 Å².